The first-order valence-electron chi connectivity index (χ1n) is 6.83. The van der Waals surface area contributed by atoms with Gasteiger partial charge in [0, 0.05) is 13.1 Å². The van der Waals surface area contributed by atoms with Crippen LogP contribution in [0.3, 0.4) is 0 Å². The van der Waals surface area contributed by atoms with Gasteiger partial charge in [0.1, 0.15) is 0 Å². The lowest BCUT2D eigenvalue weighted by molar-refractivity contribution is 0.0510. The van der Waals surface area contributed by atoms with Gasteiger partial charge in [-0.25, -0.2) is 4.79 Å². The molecule has 0 aromatic carbocycles. The van der Waals surface area contributed by atoms with Crippen molar-refractivity contribution in [2.75, 3.05) is 19.4 Å². The van der Waals surface area contributed by atoms with E-state index in [4.69, 9.17) is 17.0 Å². The number of carbonyl (C=O) groups excluding carboxylic acids is 1. The molecule has 9 heteroatoms. The third-order valence-electron chi connectivity index (χ3n) is 2.50. The number of hydrogen-bond acceptors (Lipinski definition) is 6. The van der Waals surface area contributed by atoms with E-state index in [0.29, 0.717) is 35.3 Å². The summed E-state index contributed by atoms with van der Waals surface area (Å²) in [5.74, 6) is -0.372. The first-order chi connectivity index (χ1) is 11.1. The molecule has 126 valence electrons. The van der Waals surface area contributed by atoms with Gasteiger partial charge >= 0.3 is 5.97 Å². The maximum absolute atomic E-state index is 12.2. The zero-order valence-corrected chi connectivity index (χ0v) is 15.6. The summed E-state index contributed by atoms with van der Waals surface area (Å²) in [6, 6.07) is 0. The Bertz CT molecular complexity index is 649. The summed E-state index contributed by atoms with van der Waals surface area (Å²) in [5, 5.41) is 7.57. The monoisotopic (exact) mass is 372 g/mol. The molecule has 6 nitrogen and oxygen atoms in total. The molecule has 2 N–H and O–H groups in total. The minimum absolute atomic E-state index is 0.316. The quantitative estimate of drug-likeness (QED) is 0.239. The number of nitrogens with zero attached hydrogens (tertiary/aromatic N) is 2. The number of hydrogen-bond donors (Lipinski definition) is 2. The highest BCUT2D eigenvalue weighted by molar-refractivity contribution is 8.00. The number of ether oxygens (including phenoxy) is 1. The largest absolute Gasteiger partial charge is 0.461 e. The number of thiocarbonyl (C=S) groups is 1. The maximum Gasteiger partial charge on any atom is 0.357 e. The zero-order valence-electron chi connectivity index (χ0n) is 13.1. The molecule has 1 rings (SSSR count). The van der Waals surface area contributed by atoms with Gasteiger partial charge < -0.3 is 14.6 Å². The summed E-state index contributed by atoms with van der Waals surface area (Å²) >= 11 is 7.96. The summed E-state index contributed by atoms with van der Waals surface area (Å²) in [6.07, 6.45) is 5.30. The Hall–Kier alpha value is -1.58. The van der Waals surface area contributed by atoms with Crippen LogP contribution >= 0.6 is 35.3 Å². The molecule has 0 aliphatic heterocycles. The molecule has 0 saturated heterocycles. The SMILES string of the molecule is C=CCNC(=S)N/N=c1\sc(SC)c(C(=O)OCC)n1CC=C. The Labute approximate surface area is 149 Å². The predicted molar refractivity (Wildman–Crippen MR) is 99.7 cm³/mol. The van der Waals surface area contributed by atoms with Crippen molar-refractivity contribution in [2.24, 2.45) is 5.10 Å². The Morgan fingerprint density at radius 2 is 2.26 bits per heavy atom. The summed E-state index contributed by atoms with van der Waals surface area (Å²) < 4.78 is 7.72. The topological polar surface area (TPSA) is 67.7 Å². The van der Waals surface area contributed by atoms with Gasteiger partial charge in [0.05, 0.1) is 10.8 Å². The van der Waals surface area contributed by atoms with Gasteiger partial charge in [-0.15, -0.1) is 30.0 Å². The highest BCUT2D eigenvalue weighted by Gasteiger charge is 2.20. The Morgan fingerprint density at radius 3 is 2.83 bits per heavy atom. The van der Waals surface area contributed by atoms with Crippen molar-refractivity contribution in [3.05, 3.63) is 35.8 Å². The Balaban J connectivity index is 3.20. The molecule has 1 aromatic heterocycles. The molecule has 0 amide bonds. The molecule has 0 fully saturated rings. The van der Waals surface area contributed by atoms with Gasteiger partial charge in [0.2, 0.25) is 4.80 Å². The van der Waals surface area contributed by atoms with Gasteiger partial charge in [-0.2, -0.15) is 0 Å². The fourth-order valence-electron chi connectivity index (χ4n) is 1.61. The second-order valence-corrected chi connectivity index (χ2v) is 6.53. The van der Waals surface area contributed by atoms with Crippen LogP contribution in [0.1, 0.15) is 17.4 Å². The number of allylic oxidation sites excluding steroid dienone is 1. The van der Waals surface area contributed by atoms with E-state index < -0.39 is 0 Å². The predicted octanol–water partition coefficient (Wildman–Crippen LogP) is 2.10. The number of esters is 1. The van der Waals surface area contributed by atoms with Crippen LogP contribution in [0.4, 0.5) is 0 Å². The van der Waals surface area contributed by atoms with E-state index in [0.717, 1.165) is 4.21 Å². The molecule has 0 aliphatic carbocycles. The van der Waals surface area contributed by atoms with Crippen LogP contribution in [0.5, 0.6) is 0 Å². The number of aromatic nitrogens is 1. The second-order valence-electron chi connectivity index (χ2n) is 4.07. The van der Waals surface area contributed by atoms with Gasteiger partial charge in [-0.05, 0) is 25.4 Å². The summed E-state index contributed by atoms with van der Waals surface area (Å²) in [6.45, 7) is 10.4. The third kappa shape index (κ3) is 5.52. The Kier molecular flexibility index (Phi) is 8.67. The van der Waals surface area contributed by atoms with Gasteiger partial charge in [-0.3, -0.25) is 5.43 Å². The summed E-state index contributed by atoms with van der Waals surface area (Å²) in [5.41, 5.74) is 3.24. The van der Waals surface area contributed by atoms with Crippen molar-refractivity contribution in [3.8, 4) is 0 Å². The average Bonchev–Trinajstić information content (AvgIpc) is 2.89. The van der Waals surface area contributed by atoms with Crippen molar-refractivity contribution in [1.82, 2.24) is 15.3 Å². The molecule has 0 spiro atoms. The first-order valence-corrected chi connectivity index (χ1v) is 9.28. The van der Waals surface area contributed by atoms with Crippen molar-refractivity contribution >= 4 is 46.4 Å². The molecule has 1 aromatic rings. The normalized spacial score (nSPS) is 11.0. The fourth-order valence-corrected chi connectivity index (χ4v) is 3.50. The third-order valence-corrected chi connectivity index (χ3v) is 4.93. The van der Waals surface area contributed by atoms with Crippen LogP contribution in [0.2, 0.25) is 0 Å². The first kappa shape index (κ1) is 19.5. The molecule has 1 heterocycles. The minimum atomic E-state index is -0.372. The van der Waals surface area contributed by atoms with E-state index in [-0.39, 0.29) is 5.97 Å². The molecule has 0 radical (unpaired) electrons. The lowest BCUT2D eigenvalue weighted by Gasteiger charge is -2.07. The van der Waals surface area contributed by atoms with Gasteiger partial charge in [0.15, 0.2) is 10.8 Å². The van der Waals surface area contributed by atoms with Gasteiger partial charge in [-0.1, -0.05) is 23.5 Å². The summed E-state index contributed by atoms with van der Waals surface area (Å²) in [7, 11) is 0. The maximum atomic E-state index is 12.2. The highest BCUT2D eigenvalue weighted by atomic mass is 32.2. The molecule has 0 unspecified atom stereocenters. The fraction of sp³-hybridized carbons (Fsp3) is 0.357. The molecule has 0 saturated carbocycles. The molecule has 0 aliphatic rings. The summed E-state index contributed by atoms with van der Waals surface area (Å²) in [4.78, 5) is 12.8. The zero-order chi connectivity index (χ0) is 17.2. The molecule has 23 heavy (non-hydrogen) atoms. The van der Waals surface area contributed by atoms with E-state index >= 15 is 0 Å². The highest BCUT2D eigenvalue weighted by Crippen LogP contribution is 2.24. The van der Waals surface area contributed by atoms with Crippen LogP contribution in [0.15, 0.2) is 34.6 Å². The smallest absolute Gasteiger partial charge is 0.357 e. The van der Waals surface area contributed by atoms with Gasteiger partial charge in [0.25, 0.3) is 0 Å². The van der Waals surface area contributed by atoms with Crippen LogP contribution in [0, 0.1) is 0 Å². The number of nitrogens with one attached hydrogen (secondary N) is 2. The van der Waals surface area contributed by atoms with Crippen molar-refractivity contribution in [3.63, 3.8) is 0 Å². The van der Waals surface area contributed by atoms with E-state index in [1.165, 1.54) is 23.1 Å². The number of thioether (sulfide) groups is 1. The minimum Gasteiger partial charge on any atom is -0.461 e. The van der Waals surface area contributed by atoms with Crippen molar-refractivity contribution in [2.45, 2.75) is 17.7 Å². The lowest BCUT2D eigenvalue weighted by atomic mass is 10.4. The second kappa shape index (κ2) is 10.2. The van der Waals surface area contributed by atoms with Crippen LogP contribution < -0.4 is 15.5 Å². The van der Waals surface area contributed by atoms with E-state index in [9.17, 15) is 4.79 Å². The van der Waals surface area contributed by atoms with Crippen LogP contribution in [0.25, 0.3) is 0 Å². The molecular formula is C14H20N4O2S3. The van der Waals surface area contributed by atoms with Crippen molar-refractivity contribution in [1.29, 1.82) is 0 Å². The van der Waals surface area contributed by atoms with Crippen LogP contribution in [-0.2, 0) is 11.3 Å². The standard InChI is InChI=1S/C14H20N4O2S3/c1-5-8-15-13(21)16-17-14-18(9-6-2)10(11(19)20-7-3)12(22-4)23-14/h5-6H,1-2,7-9H2,3-4H3,(H2,15,16,21)/b17-14-. The van der Waals surface area contributed by atoms with E-state index in [1.54, 1.807) is 23.6 Å². The van der Waals surface area contributed by atoms with Crippen molar-refractivity contribution < 1.29 is 9.53 Å². The number of carbonyl (C=O) groups is 1. The molecule has 0 atom stereocenters. The average molecular weight is 373 g/mol. The lowest BCUT2D eigenvalue weighted by Crippen LogP contribution is -2.34. The van der Waals surface area contributed by atoms with E-state index in [1.807, 2.05) is 6.26 Å². The number of rotatable bonds is 8. The van der Waals surface area contributed by atoms with Crippen LogP contribution in [-0.4, -0.2) is 35.1 Å². The van der Waals surface area contributed by atoms with E-state index in [2.05, 4.69) is 29.0 Å². The molecule has 0 bridgehead atoms. The Morgan fingerprint density at radius 1 is 1.52 bits per heavy atom. The molecular weight excluding hydrogens is 352 g/mol. The number of thiazole rings is 1.